The first kappa shape index (κ1) is 13.4. The van der Waals surface area contributed by atoms with E-state index in [2.05, 4.69) is 0 Å². The number of hydrogen-bond donors (Lipinski definition) is 1. The summed E-state index contributed by atoms with van der Waals surface area (Å²) in [5, 5.41) is 0. The van der Waals surface area contributed by atoms with Gasteiger partial charge in [0.2, 0.25) is 0 Å². The number of hydrogen-bond acceptors (Lipinski definition) is 4. The Bertz CT molecular complexity index is 165. The fourth-order valence-corrected chi connectivity index (χ4v) is 1.52. The lowest BCUT2D eigenvalue weighted by molar-refractivity contribution is -0.158. The van der Waals surface area contributed by atoms with Crippen molar-refractivity contribution in [3.8, 4) is 0 Å². The van der Waals surface area contributed by atoms with Crippen LogP contribution in [0.2, 0.25) is 0 Å². The number of esters is 1. The molecule has 0 spiro atoms. The van der Waals surface area contributed by atoms with Crippen LogP contribution in [-0.4, -0.2) is 32.8 Å². The fourth-order valence-electron chi connectivity index (χ4n) is 1.52. The van der Waals surface area contributed by atoms with Crippen LogP contribution in [0.5, 0.6) is 0 Å². The molecule has 0 aliphatic heterocycles. The third-order valence-corrected chi connectivity index (χ3v) is 2.25. The van der Waals surface area contributed by atoms with Crippen molar-refractivity contribution in [1.82, 2.24) is 0 Å². The molecule has 0 saturated carbocycles. The van der Waals surface area contributed by atoms with Gasteiger partial charge in [-0.1, -0.05) is 13.3 Å². The molecule has 14 heavy (non-hydrogen) atoms. The van der Waals surface area contributed by atoms with E-state index in [0.29, 0.717) is 19.6 Å². The SMILES string of the molecule is CCCC(CN)(COC)C(=O)OCC. The summed E-state index contributed by atoms with van der Waals surface area (Å²) in [7, 11) is 1.57. The maximum Gasteiger partial charge on any atom is 0.315 e. The molecule has 0 radical (unpaired) electrons. The highest BCUT2D eigenvalue weighted by Gasteiger charge is 2.37. The van der Waals surface area contributed by atoms with Crippen LogP contribution in [0.25, 0.3) is 0 Å². The summed E-state index contributed by atoms with van der Waals surface area (Å²) in [5.41, 5.74) is 4.98. The molecule has 84 valence electrons. The standard InChI is InChI=1S/C10H21NO3/c1-4-6-10(7-11,8-13-3)9(12)14-5-2/h4-8,11H2,1-3H3. The largest absolute Gasteiger partial charge is 0.465 e. The molecule has 0 fully saturated rings. The van der Waals surface area contributed by atoms with Crippen LogP contribution in [-0.2, 0) is 14.3 Å². The van der Waals surface area contributed by atoms with E-state index in [1.165, 1.54) is 0 Å². The first-order valence-electron chi connectivity index (χ1n) is 5.03. The van der Waals surface area contributed by atoms with Gasteiger partial charge in [-0.3, -0.25) is 4.79 Å². The zero-order valence-electron chi connectivity index (χ0n) is 9.34. The zero-order chi connectivity index (χ0) is 11.0. The van der Waals surface area contributed by atoms with Gasteiger partial charge in [-0.15, -0.1) is 0 Å². The normalized spacial score (nSPS) is 14.9. The van der Waals surface area contributed by atoms with Crippen LogP contribution in [0.1, 0.15) is 26.7 Å². The van der Waals surface area contributed by atoms with Crippen LogP contribution in [0.4, 0.5) is 0 Å². The second kappa shape index (κ2) is 6.79. The number of ether oxygens (including phenoxy) is 2. The Morgan fingerprint density at radius 1 is 1.43 bits per heavy atom. The molecule has 0 aromatic carbocycles. The molecule has 0 heterocycles. The van der Waals surface area contributed by atoms with Crippen molar-refractivity contribution in [1.29, 1.82) is 0 Å². The summed E-state index contributed by atoms with van der Waals surface area (Å²) in [6, 6.07) is 0. The predicted molar refractivity (Wildman–Crippen MR) is 54.9 cm³/mol. The second-order valence-electron chi connectivity index (χ2n) is 3.39. The molecule has 0 amide bonds. The molecule has 0 aliphatic rings. The number of carbonyl (C=O) groups is 1. The van der Waals surface area contributed by atoms with E-state index in [1.54, 1.807) is 14.0 Å². The van der Waals surface area contributed by atoms with Gasteiger partial charge in [0.25, 0.3) is 0 Å². The average Bonchev–Trinajstić information content (AvgIpc) is 2.17. The van der Waals surface area contributed by atoms with E-state index in [4.69, 9.17) is 15.2 Å². The molecule has 0 saturated heterocycles. The molecule has 0 bridgehead atoms. The van der Waals surface area contributed by atoms with Gasteiger partial charge in [0, 0.05) is 13.7 Å². The molecule has 4 nitrogen and oxygen atoms in total. The van der Waals surface area contributed by atoms with E-state index in [9.17, 15) is 4.79 Å². The van der Waals surface area contributed by atoms with Crippen molar-refractivity contribution in [3.63, 3.8) is 0 Å². The van der Waals surface area contributed by atoms with Gasteiger partial charge in [-0.25, -0.2) is 0 Å². The summed E-state index contributed by atoms with van der Waals surface area (Å²) in [5.74, 6) is -0.244. The minimum Gasteiger partial charge on any atom is -0.465 e. The van der Waals surface area contributed by atoms with Crippen molar-refractivity contribution in [3.05, 3.63) is 0 Å². The smallest absolute Gasteiger partial charge is 0.315 e. The van der Waals surface area contributed by atoms with Crippen molar-refractivity contribution in [2.75, 3.05) is 26.9 Å². The van der Waals surface area contributed by atoms with Crippen LogP contribution >= 0.6 is 0 Å². The molecular formula is C10H21NO3. The van der Waals surface area contributed by atoms with Crippen LogP contribution in [0.3, 0.4) is 0 Å². The van der Waals surface area contributed by atoms with Crippen molar-refractivity contribution < 1.29 is 14.3 Å². The van der Waals surface area contributed by atoms with E-state index >= 15 is 0 Å². The lowest BCUT2D eigenvalue weighted by atomic mass is 9.84. The topological polar surface area (TPSA) is 61.5 Å². The van der Waals surface area contributed by atoms with Gasteiger partial charge < -0.3 is 15.2 Å². The van der Waals surface area contributed by atoms with Crippen molar-refractivity contribution in [2.45, 2.75) is 26.7 Å². The summed E-state index contributed by atoms with van der Waals surface area (Å²) in [6.07, 6.45) is 1.59. The summed E-state index contributed by atoms with van der Waals surface area (Å²) in [6.45, 7) is 4.79. The lowest BCUT2D eigenvalue weighted by Gasteiger charge is -2.28. The van der Waals surface area contributed by atoms with Gasteiger partial charge in [-0.2, -0.15) is 0 Å². The molecule has 0 rings (SSSR count). The quantitative estimate of drug-likeness (QED) is 0.625. The Kier molecular flexibility index (Phi) is 6.49. The predicted octanol–water partition coefficient (Wildman–Crippen LogP) is 0.941. The lowest BCUT2D eigenvalue weighted by Crippen LogP contribution is -2.43. The van der Waals surface area contributed by atoms with Gasteiger partial charge in [0.15, 0.2) is 0 Å². The zero-order valence-corrected chi connectivity index (χ0v) is 9.34. The van der Waals surface area contributed by atoms with Gasteiger partial charge in [-0.05, 0) is 13.3 Å². The molecule has 1 atom stereocenters. The minimum absolute atomic E-state index is 0.244. The molecule has 2 N–H and O–H groups in total. The third-order valence-electron chi connectivity index (χ3n) is 2.25. The first-order chi connectivity index (χ1) is 6.66. The average molecular weight is 203 g/mol. The van der Waals surface area contributed by atoms with E-state index < -0.39 is 5.41 Å². The maximum atomic E-state index is 11.7. The van der Waals surface area contributed by atoms with Crippen molar-refractivity contribution in [2.24, 2.45) is 11.1 Å². The number of rotatable bonds is 7. The highest BCUT2D eigenvalue weighted by atomic mass is 16.5. The molecule has 1 unspecified atom stereocenters. The molecule has 4 heteroatoms. The summed E-state index contributed by atoms with van der Waals surface area (Å²) < 4.78 is 10.0. The Balaban J connectivity index is 4.54. The van der Waals surface area contributed by atoms with Gasteiger partial charge in [0.05, 0.1) is 13.2 Å². The Morgan fingerprint density at radius 2 is 2.07 bits per heavy atom. The fraction of sp³-hybridized carbons (Fsp3) is 0.900. The Hall–Kier alpha value is -0.610. The Labute approximate surface area is 85.8 Å². The Morgan fingerprint density at radius 3 is 2.43 bits per heavy atom. The van der Waals surface area contributed by atoms with Gasteiger partial charge in [0.1, 0.15) is 5.41 Å². The van der Waals surface area contributed by atoms with E-state index in [1.807, 2.05) is 6.92 Å². The van der Waals surface area contributed by atoms with E-state index in [-0.39, 0.29) is 12.5 Å². The molecule has 0 aromatic heterocycles. The van der Waals surface area contributed by atoms with Crippen LogP contribution < -0.4 is 5.73 Å². The van der Waals surface area contributed by atoms with Gasteiger partial charge >= 0.3 is 5.97 Å². The maximum absolute atomic E-state index is 11.7. The highest BCUT2D eigenvalue weighted by Crippen LogP contribution is 2.24. The monoisotopic (exact) mass is 203 g/mol. The number of nitrogens with two attached hydrogens (primary N) is 1. The minimum atomic E-state index is -0.653. The molecule has 0 aromatic rings. The van der Waals surface area contributed by atoms with Crippen LogP contribution in [0, 0.1) is 5.41 Å². The first-order valence-corrected chi connectivity index (χ1v) is 5.03. The number of methoxy groups -OCH3 is 1. The summed E-state index contributed by atoms with van der Waals surface area (Å²) in [4.78, 5) is 11.7. The number of carbonyl (C=O) groups excluding carboxylic acids is 1. The summed E-state index contributed by atoms with van der Waals surface area (Å²) >= 11 is 0. The van der Waals surface area contributed by atoms with Crippen molar-refractivity contribution >= 4 is 5.97 Å². The third kappa shape index (κ3) is 3.27. The van der Waals surface area contributed by atoms with Crippen LogP contribution in [0.15, 0.2) is 0 Å². The molecule has 0 aliphatic carbocycles. The second-order valence-corrected chi connectivity index (χ2v) is 3.39. The highest BCUT2D eigenvalue weighted by molar-refractivity contribution is 5.77. The van der Waals surface area contributed by atoms with E-state index in [0.717, 1.165) is 6.42 Å². The molecular weight excluding hydrogens is 182 g/mol.